The number of nitrogens with one attached hydrogen (secondary N) is 2. The fourth-order valence-corrected chi connectivity index (χ4v) is 4.80. The van der Waals surface area contributed by atoms with Crippen LogP contribution in [0.1, 0.15) is 27.1 Å². The summed E-state index contributed by atoms with van der Waals surface area (Å²) >= 11 is 1.24. The summed E-state index contributed by atoms with van der Waals surface area (Å²) in [5.74, 6) is -1.13. The molecule has 0 fully saturated rings. The van der Waals surface area contributed by atoms with Crippen LogP contribution in [0.25, 0.3) is 32.6 Å². The van der Waals surface area contributed by atoms with Gasteiger partial charge in [0, 0.05) is 23.1 Å². The monoisotopic (exact) mass is 495 g/mol. The molecular formula is C27H21N5O3S. The lowest BCUT2D eigenvalue weighted by molar-refractivity contribution is 0.0846. The van der Waals surface area contributed by atoms with Gasteiger partial charge in [0.25, 0.3) is 17.4 Å². The SMILES string of the molecule is CCn1nc(C(=O)NNC(=O)c2sc(-c3ccccc3)nc2-c2ccccc2)c2ccccc2c1=O. The van der Waals surface area contributed by atoms with E-state index in [1.165, 1.54) is 16.0 Å². The summed E-state index contributed by atoms with van der Waals surface area (Å²) in [6.07, 6.45) is 0. The van der Waals surface area contributed by atoms with Crippen molar-refractivity contribution in [1.29, 1.82) is 0 Å². The molecule has 0 saturated carbocycles. The highest BCUT2D eigenvalue weighted by Gasteiger charge is 2.22. The first-order chi connectivity index (χ1) is 17.6. The van der Waals surface area contributed by atoms with E-state index in [4.69, 9.17) is 4.98 Å². The third-order valence-corrected chi connectivity index (χ3v) is 6.68. The molecule has 5 aromatic rings. The van der Waals surface area contributed by atoms with Crippen LogP contribution in [0.3, 0.4) is 0 Å². The number of aromatic nitrogens is 3. The highest BCUT2D eigenvalue weighted by Crippen LogP contribution is 2.33. The number of nitrogens with zero attached hydrogens (tertiary/aromatic N) is 3. The Balaban J connectivity index is 1.46. The standard InChI is InChI=1S/C27H21N5O3S/c1-2-32-27(35)20-16-10-9-15-19(20)22(31-32)24(33)29-30-25(34)23-21(17-11-5-3-6-12-17)28-26(36-23)18-13-7-4-8-14-18/h3-16H,2H2,1H3,(H,29,33)(H,30,34). The fraction of sp³-hybridized carbons (Fsp3) is 0.0741. The molecule has 0 radical (unpaired) electrons. The molecule has 0 aliphatic rings. The van der Waals surface area contributed by atoms with Crippen LogP contribution in [-0.2, 0) is 6.54 Å². The van der Waals surface area contributed by atoms with E-state index in [0.717, 1.165) is 11.1 Å². The molecule has 3 aromatic carbocycles. The zero-order valence-electron chi connectivity index (χ0n) is 19.3. The van der Waals surface area contributed by atoms with Gasteiger partial charge in [-0.2, -0.15) is 5.10 Å². The van der Waals surface area contributed by atoms with Crippen LogP contribution in [0.2, 0.25) is 0 Å². The molecule has 0 spiro atoms. The second-order valence-corrected chi connectivity index (χ2v) is 8.85. The molecule has 8 nitrogen and oxygen atoms in total. The largest absolute Gasteiger partial charge is 0.290 e. The van der Waals surface area contributed by atoms with Gasteiger partial charge in [-0.3, -0.25) is 25.2 Å². The van der Waals surface area contributed by atoms with E-state index in [1.54, 1.807) is 31.2 Å². The molecule has 2 amide bonds. The number of thiazole rings is 1. The summed E-state index contributed by atoms with van der Waals surface area (Å²) in [5, 5.41) is 5.69. The summed E-state index contributed by atoms with van der Waals surface area (Å²) in [4.78, 5) is 43.9. The predicted molar refractivity (Wildman–Crippen MR) is 140 cm³/mol. The zero-order chi connectivity index (χ0) is 25.1. The molecule has 36 heavy (non-hydrogen) atoms. The molecule has 0 aliphatic heterocycles. The lowest BCUT2D eigenvalue weighted by Crippen LogP contribution is -2.42. The molecular weight excluding hydrogens is 474 g/mol. The Hall–Kier alpha value is -4.63. The highest BCUT2D eigenvalue weighted by atomic mass is 32.1. The Labute approximate surface area is 210 Å². The van der Waals surface area contributed by atoms with Crippen molar-refractivity contribution in [3.63, 3.8) is 0 Å². The van der Waals surface area contributed by atoms with Crippen molar-refractivity contribution in [2.45, 2.75) is 13.5 Å². The zero-order valence-corrected chi connectivity index (χ0v) is 20.1. The Morgan fingerprint density at radius 1 is 0.806 bits per heavy atom. The van der Waals surface area contributed by atoms with Crippen LogP contribution in [0.5, 0.6) is 0 Å². The van der Waals surface area contributed by atoms with Crippen LogP contribution in [-0.4, -0.2) is 26.6 Å². The third-order valence-electron chi connectivity index (χ3n) is 5.57. The van der Waals surface area contributed by atoms with Crippen LogP contribution < -0.4 is 16.4 Å². The fourth-order valence-electron chi connectivity index (χ4n) is 3.82. The van der Waals surface area contributed by atoms with E-state index in [1.807, 2.05) is 60.7 Å². The molecule has 0 unspecified atom stereocenters. The van der Waals surface area contributed by atoms with Crippen molar-refractivity contribution in [3.8, 4) is 21.8 Å². The van der Waals surface area contributed by atoms with Crippen molar-refractivity contribution < 1.29 is 9.59 Å². The van der Waals surface area contributed by atoms with Gasteiger partial charge in [-0.05, 0) is 13.0 Å². The second kappa shape index (κ2) is 9.93. The van der Waals surface area contributed by atoms with Gasteiger partial charge in [-0.25, -0.2) is 9.67 Å². The minimum absolute atomic E-state index is 0.0462. The number of hydrogen-bond donors (Lipinski definition) is 2. The van der Waals surface area contributed by atoms with Gasteiger partial charge in [0.2, 0.25) is 0 Å². The summed E-state index contributed by atoms with van der Waals surface area (Å²) in [5.41, 5.74) is 6.91. The topological polar surface area (TPSA) is 106 Å². The van der Waals surface area contributed by atoms with Crippen LogP contribution in [0, 0.1) is 0 Å². The van der Waals surface area contributed by atoms with Gasteiger partial charge in [-0.1, -0.05) is 78.9 Å². The quantitative estimate of drug-likeness (QED) is 0.354. The molecule has 0 aliphatic carbocycles. The van der Waals surface area contributed by atoms with Crippen molar-refractivity contribution in [3.05, 3.63) is 106 Å². The van der Waals surface area contributed by atoms with Gasteiger partial charge < -0.3 is 0 Å². The molecule has 2 aromatic heterocycles. The van der Waals surface area contributed by atoms with Crippen LogP contribution in [0.15, 0.2) is 89.7 Å². The highest BCUT2D eigenvalue weighted by molar-refractivity contribution is 7.17. The summed E-state index contributed by atoms with van der Waals surface area (Å²) in [6.45, 7) is 2.08. The Morgan fingerprint density at radius 2 is 1.39 bits per heavy atom. The maximum absolute atomic E-state index is 13.2. The summed E-state index contributed by atoms with van der Waals surface area (Å²) in [6, 6.07) is 25.7. The maximum atomic E-state index is 13.2. The van der Waals surface area contributed by atoms with Crippen LogP contribution >= 0.6 is 11.3 Å². The van der Waals surface area contributed by atoms with E-state index in [-0.39, 0.29) is 11.3 Å². The number of carbonyl (C=O) groups excluding carboxylic acids is 2. The first-order valence-corrected chi connectivity index (χ1v) is 12.1. The number of benzene rings is 3. The van der Waals surface area contributed by atoms with Gasteiger partial charge in [0.15, 0.2) is 5.69 Å². The first-order valence-electron chi connectivity index (χ1n) is 11.3. The van der Waals surface area contributed by atoms with Crippen molar-refractivity contribution in [2.75, 3.05) is 0 Å². The van der Waals surface area contributed by atoms with Crippen molar-refractivity contribution in [2.24, 2.45) is 0 Å². The van der Waals surface area contributed by atoms with E-state index in [9.17, 15) is 14.4 Å². The van der Waals surface area contributed by atoms with Gasteiger partial charge in [0.05, 0.1) is 11.1 Å². The molecule has 2 N–H and O–H groups in total. The Bertz CT molecular complexity index is 1630. The van der Waals surface area contributed by atoms with Crippen molar-refractivity contribution in [1.82, 2.24) is 25.6 Å². The first kappa shape index (κ1) is 23.1. The molecule has 0 atom stereocenters. The smallest absolute Gasteiger partial charge is 0.267 e. The molecule has 0 saturated heterocycles. The van der Waals surface area contributed by atoms with E-state index in [0.29, 0.717) is 32.9 Å². The summed E-state index contributed by atoms with van der Waals surface area (Å²) in [7, 11) is 0. The average Bonchev–Trinajstić information content (AvgIpc) is 3.39. The lowest BCUT2D eigenvalue weighted by atomic mass is 10.1. The average molecular weight is 496 g/mol. The van der Waals surface area contributed by atoms with E-state index < -0.39 is 11.8 Å². The summed E-state index contributed by atoms with van der Waals surface area (Å²) < 4.78 is 1.22. The third kappa shape index (κ3) is 4.39. The maximum Gasteiger partial charge on any atom is 0.290 e. The number of fused-ring (bicyclic) bond motifs is 1. The predicted octanol–water partition coefficient (Wildman–Crippen LogP) is 4.28. The minimum atomic E-state index is -0.629. The van der Waals surface area contributed by atoms with Gasteiger partial charge >= 0.3 is 0 Å². The van der Waals surface area contributed by atoms with E-state index >= 15 is 0 Å². The molecule has 178 valence electrons. The molecule has 0 bridgehead atoms. The second-order valence-electron chi connectivity index (χ2n) is 7.85. The normalized spacial score (nSPS) is 10.8. The number of hydrogen-bond acceptors (Lipinski definition) is 6. The number of carbonyl (C=O) groups is 2. The number of rotatable bonds is 5. The Kier molecular flexibility index (Phi) is 6.38. The van der Waals surface area contributed by atoms with Gasteiger partial charge in [0.1, 0.15) is 9.88 Å². The molecule has 5 rings (SSSR count). The van der Waals surface area contributed by atoms with Gasteiger partial charge in [-0.15, -0.1) is 11.3 Å². The minimum Gasteiger partial charge on any atom is -0.267 e. The van der Waals surface area contributed by atoms with Crippen molar-refractivity contribution >= 4 is 33.9 Å². The number of amides is 2. The van der Waals surface area contributed by atoms with E-state index in [2.05, 4.69) is 16.0 Å². The Morgan fingerprint density at radius 3 is 2.06 bits per heavy atom. The number of hydrazine groups is 1. The number of aryl methyl sites for hydroxylation is 1. The lowest BCUT2D eigenvalue weighted by Gasteiger charge is -2.11. The molecule has 2 heterocycles. The van der Waals surface area contributed by atoms with Crippen LogP contribution in [0.4, 0.5) is 0 Å². The molecule has 9 heteroatoms.